The fourth-order valence-corrected chi connectivity index (χ4v) is 2.42. The molecule has 0 spiro atoms. The molecule has 0 aromatic heterocycles. The van der Waals surface area contributed by atoms with Crippen LogP contribution in [-0.4, -0.2) is 42.3 Å². The van der Waals surface area contributed by atoms with Crippen LogP contribution < -0.4 is 10.6 Å². The Morgan fingerprint density at radius 2 is 2.09 bits per heavy atom. The second-order valence-electron chi connectivity index (χ2n) is 5.72. The summed E-state index contributed by atoms with van der Waals surface area (Å²) in [5, 5.41) is 5.43. The van der Waals surface area contributed by atoms with Crippen LogP contribution in [0.25, 0.3) is 0 Å². The van der Waals surface area contributed by atoms with Crippen LogP contribution >= 0.6 is 0 Å². The van der Waals surface area contributed by atoms with Gasteiger partial charge in [0, 0.05) is 19.2 Å². The maximum absolute atomic E-state index is 12.1. The monoisotopic (exact) mass is 303 g/mol. The van der Waals surface area contributed by atoms with Crippen molar-refractivity contribution in [3.05, 3.63) is 29.3 Å². The summed E-state index contributed by atoms with van der Waals surface area (Å²) in [5.41, 5.74) is 2.77. The number of anilines is 1. The maximum Gasteiger partial charge on any atom is 0.245 e. The number of nitrogens with one attached hydrogen (secondary N) is 2. The Morgan fingerprint density at radius 1 is 1.36 bits per heavy atom. The van der Waals surface area contributed by atoms with Crippen molar-refractivity contribution in [3.8, 4) is 0 Å². The molecule has 1 aliphatic rings. The van der Waals surface area contributed by atoms with Crippen LogP contribution in [0.2, 0.25) is 0 Å². The molecule has 3 amide bonds. The molecule has 0 aliphatic carbocycles. The van der Waals surface area contributed by atoms with Gasteiger partial charge in [0.05, 0.1) is 6.54 Å². The predicted octanol–water partition coefficient (Wildman–Crippen LogP) is 0.979. The highest BCUT2D eigenvalue weighted by Crippen LogP contribution is 2.16. The average molecular weight is 303 g/mol. The molecule has 1 fully saturated rings. The summed E-state index contributed by atoms with van der Waals surface area (Å²) < 4.78 is 0. The van der Waals surface area contributed by atoms with Crippen LogP contribution in [-0.2, 0) is 14.4 Å². The molecule has 2 rings (SSSR count). The van der Waals surface area contributed by atoms with E-state index in [0.29, 0.717) is 12.8 Å². The Bertz CT molecular complexity index is 613. The first kappa shape index (κ1) is 16.0. The van der Waals surface area contributed by atoms with Gasteiger partial charge in [-0.05, 0) is 37.5 Å². The lowest BCUT2D eigenvalue weighted by Gasteiger charge is -2.20. The Kier molecular flexibility index (Phi) is 4.80. The summed E-state index contributed by atoms with van der Waals surface area (Å²) in [6.45, 7) is 3.82. The summed E-state index contributed by atoms with van der Waals surface area (Å²) in [4.78, 5) is 36.7. The van der Waals surface area contributed by atoms with Crippen LogP contribution in [0.1, 0.15) is 24.0 Å². The molecule has 6 nitrogen and oxygen atoms in total. The first-order chi connectivity index (χ1) is 10.4. The molecule has 22 heavy (non-hydrogen) atoms. The number of benzene rings is 1. The standard InChI is InChI=1S/C16H21N3O3/c1-10-4-5-11(2)13(8-10)18-15(21)9-19(3)16(22)12-6-7-14(20)17-12/h4-5,8,12H,6-7,9H2,1-3H3,(H,17,20)(H,18,21)/t12-/m1/s1. The fraction of sp³-hybridized carbons (Fsp3) is 0.438. The highest BCUT2D eigenvalue weighted by atomic mass is 16.2. The SMILES string of the molecule is Cc1ccc(C)c(NC(=O)CN(C)C(=O)[C@H]2CCC(=O)N2)c1. The van der Waals surface area contributed by atoms with E-state index in [0.717, 1.165) is 16.8 Å². The van der Waals surface area contributed by atoms with Gasteiger partial charge >= 0.3 is 0 Å². The number of nitrogens with zero attached hydrogens (tertiary/aromatic N) is 1. The average Bonchev–Trinajstić information content (AvgIpc) is 2.88. The molecule has 0 bridgehead atoms. The van der Waals surface area contributed by atoms with Gasteiger partial charge in [0.1, 0.15) is 6.04 Å². The van der Waals surface area contributed by atoms with Crippen molar-refractivity contribution >= 4 is 23.4 Å². The van der Waals surface area contributed by atoms with Gasteiger partial charge in [0.2, 0.25) is 17.7 Å². The Hall–Kier alpha value is -2.37. The van der Waals surface area contributed by atoms with Crippen molar-refractivity contribution in [2.75, 3.05) is 18.9 Å². The van der Waals surface area contributed by atoms with Crippen LogP contribution in [0.4, 0.5) is 5.69 Å². The van der Waals surface area contributed by atoms with Gasteiger partial charge in [-0.15, -0.1) is 0 Å². The van der Waals surface area contributed by atoms with Crippen molar-refractivity contribution in [3.63, 3.8) is 0 Å². The lowest BCUT2D eigenvalue weighted by atomic mass is 10.1. The topological polar surface area (TPSA) is 78.5 Å². The van der Waals surface area contributed by atoms with E-state index in [4.69, 9.17) is 0 Å². The summed E-state index contributed by atoms with van der Waals surface area (Å²) >= 11 is 0. The minimum Gasteiger partial charge on any atom is -0.344 e. The van der Waals surface area contributed by atoms with Gasteiger partial charge in [-0.3, -0.25) is 14.4 Å². The van der Waals surface area contributed by atoms with Gasteiger partial charge in [-0.1, -0.05) is 12.1 Å². The Balaban J connectivity index is 1.92. The van der Waals surface area contributed by atoms with Crippen molar-refractivity contribution in [1.82, 2.24) is 10.2 Å². The van der Waals surface area contributed by atoms with Gasteiger partial charge in [0.15, 0.2) is 0 Å². The van der Waals surface area contributed by atoms with E-state index in [-0.39, 0.29) is 24.3 Å². The highest BCUT2D eigenvalue weighted by Gasteiger charge is 2.29. The summed E-state index contributed by atoms with van der Waals surface area (Å²) in [7, 11) is 1.56. The van der Waals surface area contributed by atoms with E-state index < -0.39 is 6.04 Å². The van der Waals surface area contributed by atoms with Gasteiger partial charge in [0.25, 0.3) is 0 Å². The third-order valence-corrected chi connectivity index (χ3v) is 3.72. The van der Waals surface area contributed by atoms with Gasteiger partial charge < -0.3 is 15.5 Å². The largest absolute Gasteiger partial charge is 0.344 e. The smallest absolute Gasteiger partial charge is 0.245 e. The number of carbonyl (C=O) groups excluding carboxylic acids is 3. The van der Waals surface area contributed by atoms with E-state index in [2.05, 4.69) is 10.6 Å². The maximum atomic E-state index is 12.1. The molecule has 6 heteroatoms. The first-order valence-electron chi connectivity index (χ1n) is 7.28. The van der Waals surface area contributed by atoms with Crippen LogP contribution in [0.5, 0.6) is 0 Å². The molecule has 1 heterocycles. The van der Waals surface area contributed by atoms with Gasteiger partial charge in [-0.25, -0.2) is 0 Å². The number of hydrogen-bond acceptors (Lipinski definition) is 3. The first-order valence-corrected chi connectivity index (χ1v) is 7.28. The van der Waals surface area contributed by atoms with Crippen LogP contribution in [0.15, 0.2) is 18.2 Å². The zero-order chi connectivity index (χ0) is 16.3. The minimum atomic E-state index is -0.508. The molecule has 1 aliphatic heterocycles. The van der Waals surface area contributed by atoms with Crippen LogP contribution in [0.3, 0.4) is 0 Å². The molecule has 1 atom stereocenters. The van der Waals surface area contributed by atoms with E-state index in [1.54, 1.807) is 7.05 Å². The summed E-state index contributed by atoms with van der Waals surface area (Å²) in [6, 6.07) is 5.30. The summed E-state index contributed by atoms with van der Waals surface area (Å²) in [5.74, 6) is -0.609. The molecule has 1 saturated heterocycles. The molecule has 0 unspecified atom stereocenters. The molecule has 118 valence electrons. The van der Waals surface area contributed by atoms with Crippen molar-refractivity contribution in [2.45, 2.75) is 32.7 Å². The van der Waals surface area contributed by atoms with Crippen molar-refractivity contribution in [1.29, 1.82) is 0 Å². The zero-order valence-corrected chi connectivity index (χ0v) is 13.1. The van der Waals surface area contributed by atoms with Crippen LogP contribution in [0, 0.1) is 13.8 Å². The highest BCUT2D eigenvalue weighted by molar-refractivity contribution is 5.97. The quantitative estimate of drug-likeness (QED) is 0.870. The second kappa shape index (κ2) is 6.60. The number of hydrogen-bond donors (Lipinski definition) is 2. The Morgan fingerprint density at radius 3 is 2.73 bits per heavy atom. The number of carbonyl (C=O) groups is 3. The van der Waals surface area contributed by atoms with Crippen molar-refractivity contribution in [2.24, 2.45) is 0 Å². The molecular formula is C16H21N3O3. The molecule has 1 aromatic carbocycles. The van der Waals surface area contributed by atoms with E-state index >= 15 is 0 Å². The fourth-order valence-electron chi connectivity index (χ4n) is 2.42. The van der Waals surface area contributed by atoms with Gasteiger partial charge in [-0.2, -0.15) is 0 Å². The lowest BCUT2D eigenvalue weighted by molar-refractivity contribution is -0.135. The third-order valence-electron chi connectivity index (χ3n) is 3.72. The third kappa shape index (κ3) is 3.84. The van der Waals surface area contributed by atoms with Crippen molar-refractivity contribution < 1.29 is 14.4 Å². The minimum absolute atomic E-state index is 0.0431. The second-order valence-corrected chi connectivity index (χ2v) is 5.72. The molecule has 0 saturated carbocycles. The van der Waals surface area contributed by atoms with E-state index in [1.807, 2.05) is 32.0 Å². The molecular weight excluding hydrogens is 282 g/mol. The predicted molar refractivity (Wildman–Crippen MR) is 83.3 cm³/mol. The lowest BCUT2D eigenvalue weighted by Crippen LogP contribution is -2.45. The molecule has 2 N–H and O–H groups in total. The number of aryl methyl sites for hydroxylation is 2. The molecule has 0 radical (unpaired) electrons. The van der Waals surface area contributed by atoms with E-state index in [1.165, 1.54) is 4.90 Å². The molecule has 1 aromatic rings. The number of rotatable bonds is 4. The van der Waals surface area contributed by atoms with E-state index in [9.17, 15) is 14.4 Å². The Labute approximate surface area is 129 Å². The zero-order valence-electron chi connectivity index (χ0n) is 13.1. The number of likely N-dealkylation sites (N-methyl/N-ethyl adjacent to an activating group) is 1. The normalized spacial score (nSPS) is 17.0. The summed E-state index contributed by atoms with van der Waals surface area (Å²) in [6.07, 6.45) is 0.847. The number of amides is 3.